The summed E-state index contributed by atoms with van der Waals surface area (Å²) in [4.78, 5) is 2.53. The highest BCUT2D eigenvalue weighted by Gasteiger charge is 2.45. The number of benzene rings is 8. The highest BCUT2D eigenvalue weighted by atomic mass is 15.1. The largest absolute Gasteiger partial charge is 0.310 e. The fraction of sp³-hybridized carbons (Fsp3) is 0.143. The Morgan fingerprint density at radius 3 is 1.70 bits per heavy atom. The summed E-state index contributed by atoms with van der Waals surface area (Å²) < 4.78 is 0. The van der Waals surface area contributed by atoms with Crippen LogP contribution in [-0.4, -0.2) is 0 Å². The molecule has 274 valence electrons. The van der Waals surface area contributed by atoms with Gasteiger partial charge in [-0.25, -0.2) is 0 Å². The maximum atomic E-state index is 2.54. The van der Waals surface area contributed by atoms with Crippen LogP contribution in [0.5, 0.6) is 0 Å². The first-order chi connectivity index (χ1) is 28.0. The molecule has 57 heavy (non-hydrogen) atoms. The van der Waals surface area contributed by atoms with Crippen molar-refractivity contribution in [2.24, 2.45) is 0 Å². The number of hydrogen-bond acceptors (Lipinski definition) is 1. The normalized spacial score (nSPS) is 15.2. The molecule has 0 heterocycles. The number of hydrogen-bond donors (Lipinski definition) is 0. The molecule has 0 amide bonds. The first-order valence-corrected chi connectivity index (χ1v) is 20.6. The van der Waals surface area contributed by atoms with E-state index in [0.717, 1.165) is 5.69 Å². The number of nitrogens with zero attached hydrogens (tertiary/aromatic N) is 1. The van der Waals surface area contributed by atoms with Gasteiger partial charge < -0.3 is 4.90 Å². The van der Waals surface area contributed by atoms with Gasteiger partial charge in [-0.2, -0.15) is 0 Å². The van der Waals surface area contributed by atoms with Crippen molar-refractivity contribution in [2.45, 2.75) is 50.4 Å². The van der Waals surface area contributed by atoms with Crippen molar-refractivity contribution in [3.63, 3.8) is 0 Å². The maximum absolute atomic E-state index is 2.54. The van der Waals surface area contributed by atoms with Crippen molar-refractivity contribution in [1.82, 2.24) is 0 Å². The van der Waals surface area contributed by atoms with Gasteiger partial charge in [-0.15, -0.1) is 0 Å². The molecule has 3 aliphatic rings. The van der Waals surface area contributed by atoms with E-state index in [2.05, 4.69) is 207 Å². The minimum Gasteiger partial charge on any atom is -0.310 e. The fourth-order valence-electron chi connectivity index (χ4n) is 10.8. The van der Waals surface area contributed by atoms with Crippen molar-refractivity contribution < 1.29 is 0 Å². The van der Waals surface area contributed by atoms with E-state index >= 15 is 0 Å². The summed E-state index contributed by atoms with van der Waals surface area (Å²) in [6.45, 7) is 4.77. The average molecular weight is 732 g/mol. The number of anilines is 3. The predicted molar refractivity (Wildman–Crippen MR) is 240 cm³/mol. The minimum atomic E-state index is -0.110. The molecule has 8 aromatic rings. The van der Waals surface area contributed by atoms with Crippen LogP contribution in [0.15, 0.2) is 188 Å². The van der Waals surface area contributed by atoms with Crippen molar-refractivity contribution in [3.8, 4) is 55.6 Å². The van der Waals surface area contributed by atoms with E-state index in [1.54, 1.807) is 0 Å². The Morgan fingerprint density at radius 2 is 0.912 bits per heavy atom. The summed E-state index contributed by atoms with van der Waals surface area (Å²) >= 11 is 0. The lowest BCUT2D eigenvalue weighted by molar-refractivity contribution is 0.550. The standard InChI is InChI=1S/C56H45N/c1-55(2)50-25-9-6-22-47(50)49-24-15-23-45(54(49)55)41-18-14-19-42(36-41)57(43-32-33-48-46-21-7-10-26-51(46)56(52(48)37-43)34-12-13-35-56)53-27-11-8-20-44(53)40-30-28-39(29-31-40)38-16-4-3-5-17-38/h3-11,14-33,36-37H,12-13,34-35H2,1-2H3. The van der Waals surface area contributed by atoms with Gasteiger partial charge in [0.1, 0.15) is 0 Å². The van der Waals surface area contributed by atoms with Gasteiger partial charge in [0.15, 0.2) is 0 Å². The summed E-state index contributed by atoms with van der Waals surface area (Å²) in [6, 6.07) is 70.4. The molecule has 1 fully saturated rings. The van der Waals surface area contributed by atoms with E-state index in [9.17, 15) is 0 Å². The quantitative estimate of drug-likeness (QED) is 0.165. The molecule has 1 spiro atoms. The molecule has 11 rings (SSSR count). The molecule has 0 atom stereocenters. The van der Waals surface area contributed by atoms with Crippen LogP contribution in [0, 0.1) is 0 Å². The molecule has 8 aromatic carbocycles. The predicted octanol–water partition coefficient (Wildman–Crippen LogP) is 15.3. The average Bonchev–Trinajstić information content (AvgIpc) is 3.94. The Bertz CT molecular complexity index is 2820. The van der Waals surface area contributed by atoms with E-state index in [-0.39, 0.29) is 10.8 Å². The summed E-state index contributed by atoms with van der Waals surface area (Å²) in [5.41, 5.74) is 22.2. The van der Waals surface area contributed by atoms with Crippen LogP contribution in [0.1, 0.15) is 61.8 Å². The second-order valence-corrected chi connectivity index (χ2v) is 16.8. The number of rotatable bonds is 6. The zero-order chi connectivity index (χ0) is 38.1. The third-order valence-corrected chi connectivity index (χ3v) is 13.4. The zero-order valence-electron chi connectivity index (χ0n) is 32.7. The van der Waals surface area contributed by atoms with E-state index in [0.29, 0.717) is 0 Å². The highest BCUT2D eigenvalue weighted by molar-refractivity contribution is 5.93. The Labute approximate surface area is 336 Å². The lowest BCUT2D eigenvalue weighted by atomic mass is 9.76. The van der Waals surface area contributed by atoms with Gasteiger partial charge >= 0.3 is 0 Å². The minimum absolute atomic E-state index is 0.0768. The van der Waals surface area contributed by atoms with Gasteiger partial charge in [-0.1, -0.05) is 184 Å². The van der Waals surface area contributed by atoms with E-state index in [4.69, 9.17) is 0 Å². The summed E-state index contributed by atoms with van der Waals surface area (Å²) in [6.07, 6.45) is 4.95. The Kier molecular flexibility index (Phi) is 7.76. The first-order valence-electron chi connectivity index (χ1n) is 20.6. The summed E-state index contributed by atoms with van der Waals surface area (Å²) in [5, 5.41) is 0. The molecule has 3 aliphatic carbocycles. The van der Waals surface area contributed by atoms with Crippen LogP contribution in [0.25, 0.3) is 55.6 Å². The Morgan fingerprint density at radius 1 is 0.368 bits per heavy atom. The smallest absolute Gasteiger partial charge is 0.0540 e. The van der Waals surface area contributed by atoms with Gasteiger partial charge in [0.25, 0.3) is 0 Å². The van der Waals surface area contributed by atoms with E-state index in [1.807, 2.05) is 0 Å². The van der Waals surface area contributed by atoms with Crippen LogP contribution in [0.2, 0.25) is 0 Å². The number of fused-ring (bicyclic) bond motifs is 8. The van der Waals surface area contributed by atoms with Gasteiger partial charge in [-0.3, -0.25) is 0 Å². The SMILES string of the molecule is CC1(C)c2ccccc2-c2cccc(-c3cccc(N(c4ccc5c(c4)C4(CCCC4)c4ccccc4-5)c4ccccc4-c4ccc(-c5ccccc5)cc4)c3)c21. The monoisotopic (exact) mass is 731 g/mol. The second-order valence-electron chi connectivity index (χ2n) is 16.8. The van der Waals surface area contributed by atoms with Gasteiger partial charge in [0.2, 0.25) is 0 Å². The molecular weight excluding hydrogens is 687 g/mol. The van der Waals surface area contributed by atoms with Crippen molar-refractivity contribution >= 4 is 17.1 Å². The summed E-state index contributed by atoms with van der Waals surface area (Å²) in [5.74, 6) is 0. The molecule has 0 saturated heterocycles. The maximum Gasteiger partial charge on any atom is 0.0540 e. The van der Waals surface area contributed by atoms with E-state index < -0.39 is 0 Å². The first kappa shape index (κ1) is 33.9. The molecule has 0 bridgehead atoms. The van der Waals surface area contributed by atoms with Crippen molar-refractivity contribution in [2.75, 3.05) is 4.90 Å². The lowest BCUT2D eigenvalue weighted by Crippen LogP contribution is -2.21. The Hall–Kier alpha value is -6.44. The lowest BCUT2D eigenvalue weighted by Gasteiger charge is -2.31. The summed E-state index contributed by atoms with van der Waals surface area (Å²) in [7, 11) is 0. The number of para-hydroxylation sites is 1. The molecule has 0 aromatic heterocycles. The molecule has 0 aliphatic heterocycles. The van der Waals surface area contributed by atoms with E-state index in [1.165, 1.54) is 115 Å². The third kappa shape index (κ3) is 5.22. The Balaban J connectivity index is 1.10. The van der Waals surface area contributed by atoms with Crippen molar-refractivity contribution in [1.29, 1.82) is 0 Å². The van der Waals surface area contributed by atoms with Gasteiger partial charge in [0.05, 0.1) is 5.69 Å². The molecular formula is C56H45N. The van der Waals surface area contributed by atoms with Crippen LogP contribution in [0.4, 0.5) is 17.1 Å². The van der Waals surface area contributed by atoms with Gasteiger partial charge in [-0.05, 0) is 115 Å². The molecule has 0 unspecified atom stereocenters. The molecule has 1 saturated carbocycles. The molecule has 1 nitrogen and oxygen atoms in total. The zero-order valence-corrected chi connectivity index (χ0v) is 32.7. The second kappa shape index (κ2) is 13.1. The topological polar surface area (TPSA) is 3.24 Å². The highest BCUT2D eigenvalue weighted by Crippen LogP contribution is 2.58. The van der Waals surface area contributed by atoms with Crippen LogP contribution in [0.3, 0.4) is 0 Å². The third-order valence-electron chi connectivity index (χ3n) is 13.4. The fourth-order valence-corrected chi connectivity index (χ4v) is 10.8. The van der Waals surface area contributed by atoms with Crippen LogP contribution in [-0.2, 0) is 10.8 Å². The van der Waals surface area contributed by atoms with Crippen LogP contribution < -0.4 is 4.90 Å². The van der Waals surface area contributed by atoms with Crippen LogP contribution >= 0.6 is 0 Å². The molecule has 0 radical (unpaired) electrons. The molecule has 0 N–H and O–H groups in total. The van der Waals surface area contributed by atoms with Crippen molar-refractivity contribution in [3.05, 3.63) is 210 Å². The van der Waals surface area contributed by atoms with Gasteiger partial charge in [0, 0.05) is 27.8 Å². The molecule has 1 heteroatoms.